The summed E-state index contributed by atoms with van der Waals surface area (Å²) in [5.74, 6) is 2.54. The maximum Gasteiger partial charge on any atom is 0.216 e. The van der Waals surface area contributed by atoms with E-state index in [-0.39, 0.29) is 24.0 Å². The summed E-state index contributed by atoms with van der Waals surface area (Å²) in [6, 6.07) is 5.86. The molecule has 156 valence electrons. The first-order valence-electron chi connectivity index (χ1n) is 8.87. The number of nitrogens with two attached hydrogens (primary N) is 1. The summed E-state index contributed by atoms with van der Waals surface area (Å²) in [7, 11) is 6.74. The molecule has 0 fully saturated rings. The van der Waals surface area contributed by atoms with Gasteiger partial charge in [0.25, 0.3) is 0 Å². The van der Waals surface area contributed by atoms with Crippen molar-refractivity contribution in [3.8, 4) is 17.4 Å². The minimum absolute atomic E-state index is 0. The third kappa shape index (κ3) is 5.91. The number of nitrogens with one attached hydrogen (secondary N) is 1. The highest BCUT2D eigenvalue weighted by atomic mass is 127. The maximum absolute atomic E-state index is 6.00. The Kier molecular flexibility index (Phi) is 9.91. The molecule has 0 aliphatic heterocycles. The standard InChI is InChI=1S/C19H29N5O3.HI/c1-6-15-14(18(27-5)24(2)23-15)12-22-19(20)21-10-9-13-7-8-16(25-3)17(11-13)26-4;/h7-8,11H,6,9-10,12H2,1-5H3,(H3,20,21,22);1H. The first kappa shape index (κ1) is 23.9. The van der Waals surface area contributed by atoms with Crippen LogP contribution in [0.25, 0.3) is 0 Å². The maximum atomic E-state index is 6.00. The summed E-state index contributed by atoms with van der Waals surface area (Å²) >= 11 is 0. The summed E-state index contributed by atoms with van der Waals surface area (Å²) in [4.78, 5) is 4.42. The number of hydrogen-bond donors (Lipinski definition) is 2. The fraction of sp³-hybridized carbons (Fsp3) is 0.474. The van der Waals surface area contributed by atoms with Gasteiger partial charge in [0, 0.05) is 13.6 Å². The summed E-state index contributed by atoms with van der Waals surface area (Å²) in [5.41, 5.74) is 9.06. The van der Waals surface area contributed by atoms with Gasteiger partial charge in [0.05, 0.1) is 39.1 Å². The van der Waals surface area contributed by atoms with Crippen LogP contribution in [0.3, 0.4) is 0 Å². The number of halogens is 1. The van der Waals surface area contributed by atoms with Gasteiger partial charge >= 0.3 is 0 Å². The van der Waals surface area contributed by atoms with Crippen molar-refractivity contribution in [3.05, 3.63) is 35.0 Å². The highest BCUT2D eigenvalue weighted by Gasteiger charge is 2.15. The van der Waals surface area contributed by atoms with Gasteiger partial charge < -0.3 is 25.3 Å². The van der Waals surface area contributed by atoms with Crippen LogP contribution in [0.2, 0.25) is 0 Å². The van der Waals surface area contributed by atoms with E-state index in [0.29, 0.717) is 36.4 Å². The SMILES string of the molecule is CCc1nn(C)c(OC)c1CN=C(N)NCCc1ccc(OC)c(OC)c1.I. The molecule has 0 unspecified atom stereocenters. The summed E-state index contributed by atoms with van der Waals surface area (Å²) in [6.07, 6.45) is 1.60. The predicted octanol–water partition coefficient (Wildman–Crippen LogP) is 2.27. The fourth-order valence-corrected chi connectivity index (χ4v) is 2.90. The molecule has 0 aliphatic carbocycles. The monoisotopic (exact) mass is 503 g/mol. The van der Waals surface area contributed by atoms with Crippen molar-refractivity contribution in [2.45, 2.75) is 26.3 Å². The van der Waals surface area contributed by atoms with E-state index in [2.05, 4.69) is 22.3 Å². The molecule has 1 aromatic heterocycles. The minimum Gasteiger partial charge on any atom is -0.493 e. The molecular formula is C19H30IN5O3. The third-order valence-corrected chi connectivity index (χ3v) is 4.27. The fourth-order valence-electron chi connectivity index (χ4n) is 2.90. The number of aryl methyl sites for hydroxylation is 2. The van der Waals surface area contributed by atoms with E-state index >= 15 is 0 Å². The lowest BCUT2D eigenvalue weighted by Gasteiger charge is -2.10. The number of guanidine groups is 1. The van der Waals surface area contributed by atoms with Crippen LogP contribution in [-0.4, -0.2) is 43.6 Å². The van der Waals surface area contributed by atoms with Crippen molar-refractivity contribution in [3.63, 3.8) is 0 Å². The number of hydrogen-bond acceptors (Lipinski definition) is 5. The zero-order valence-electron chi connectivity index (χ0n) is 17.1. The van der Waals surface area contributed by atoms with E-state index in [4.69, 9.17) is 19.9 Å². The molecule has 8 nitrogen and oxygen atoms in total. The summed E-state index contributed by atoms with van der Waals surface area (Å²) in [5, 5.41) is 7.59. The van der Waals surface area contributed by atoms with Gasteiger partial charge in [-0.15, -0.1) is 24.0 Å². The molecule has 3 N–H and O–H groups in total. The number of ether oxygens (including phenoxy) is 3. The Morgan fingerprint density at radius 1 is 1.18 bits per heavy atom. The van der Waals surface area contributed by atoms with Crippen LogP contribution in [0.5, 0.6) is 17.4 Å². The number of aliphatic imine (C=N–C) groups is 1. The lowest BCUT2D eigenvalue weighted by molar-refractivity contribution is 0.354. The summed E-state index contributed by atoms with van der Waals surface area (Å²) in [6.45, 7) is 3.14. The van der Waals surface area contributed by atoms with Gasteiger partial charge in [0.15, 0.2) is 17.5 Å². The van der Waals surface area contributed by atoms with Crippen LogP contribution in [-0.2, 0) is 26.4 Å². The number of benzene rings is 1. The Balaban J connectivity index is 0.00000392. The van der Waals surface area contributed by atoms with E-state index in [0.717, 1.165) is 29.7 Å². The Bertz CT molecular complexity index is 792. The number of nitrogens with zero attached hydrogens (tertiary/aromatic N) is 3. The average molecular weight is 503 g/mol. The third-order valence-electron chi connectivity index (χ3n) is 4.27. The molecule has 2 rings (SSSR count). The molecular weight excluding hydrogens is 473 g/mol. The highest BCUT2D eigenvalue weighted by Crippen LogP contribution is 2.27. The molecule has 0 radical (unpaired) electrons. The second kappa shape index (κ2) is 11.6. The van der Waals surface area contributed by atoms with Crippen molar-refractivity contribution in [1.29, 1.82) is 0 Å². The normalized spacial score (nSPS) is 11.0. The molecule has 0 spiro atoms. The average Bonchev–Trinajstić information content (AvgIpc) is 3.00. The quantitative estimate of drug-likeness (QED) is 0.310. The second-order valence-corrected chi connectivity index (χ2v) is 5.98. The number of rotatable bonds is 9. The first-order chi connectivity index (χ1) is 13.0. The van der Waals surface area contributed by atoms with E-state index < -0.39 is 0 Å². The van der Waals surface area contributed by atoms with Gasteiger partial charge in [-0.1, -0.05) is 13.0 Å². The van der Waals surface area contributed by atoms with E-state index in [1.165, 1.54) is 0 Å². The molecule has 0 amide bonds. The van der Waals surface area contributed by atoms with Crippen molar-refractivity contribution < 1.29 is 14.2 Å². The van der Waals surface area contributed by atoms with Crippen LogP contribution >= 0.6 is 24.0 Å². The lowest BCUT2D eigenvalue weighted by atomic mass is 10.1. The van der Waals surface area contributed by atoms with Gasteiger partial charge in [-0.05, 0) is 30.5 Å². The molecule has 0 atom stereocenters. The Morgan fingerprint density at radius 2 is 1.89 bits per heavy atom. The van der Waals surface area contributed by atoms with Crippen LogP contribution < -0.4 is 25.3 Å². The van der Waals surface area contributed by atoms with Gasteiger partial charge in [0.2, 0.25) is 5.88 Å². The van der Waals surface area contributed by atoms with E-state index in [9.17, 15) is 0 Å². The number of aromatic nitrogens is 2. The molecule has 9 heteroatoms. The predicted molar refractivity (Wildman–Crippen MR) is 121 cm³/mol. The molecule has 0 saturated carbocycles. The first-order valence-corrected chi connectivity index (χ1v) is 8.87. The topological polar surface area (TPSA) is 95.9 Å². The van der Waals surface area contributed by atoms with Gasteiger partial charge in [-0.25, -0.2) is 9.67 Å². The lowest BCUT2D eigenvalue weighted by Crippen LogP contribution is -2.33. The summed E-state index contributed by atoms with van der Waals surface area (Å²) < 4.78 is 17.7. The Labute approximate surface area is 183 Å². The van der Waals surface area contributed by atoms with Gasteiger partial charge in [0.1, 0.15) is 0 Å². The van der Waals surface area contributed by atoms with Crippen molar-refractivity contribution in [1.82, 2.24) is 15.1 Å². The number of methoxy groups -OCH3 is 3. The largest absolute Gasteiger partial charge is 0.493 e. The molecule has 0 saturated heterocycles. The molecule has 0 bridgehead atoms. The minimum atomic E-state index is 0. The van der Waals surface area contributed by atoms with Crippen LogP contribution in [0.4, 0.5) is 0 Å². The van der Waals surface area contributed by atoms with Crippen LogP contribution in [0, 0.1) is 0 Å². The second-order valence-electron chi connectivity index (χ2n) is 5.98. The van der Waals surface area contributed by atoms with Crippen molar-refractivity contribution in [2.75, 3.05) is 27.9 Å². The van der Waals surface area contributed by atoms with Crippen LogP contribution in [0.15, 0.2) is 23.2 Å². The smallest absolute Gasteiger partial charge is 0.216 e. The Hall–Kier alpha value is -2.17. The van der Waals surface area contributed by atoms with Gasteiger partial charge in [-0.2, -0.15) is 5.10 Å². The highest BCUT2D eigenvalue weighted by molar-refractivity contribution is 14.0. The zero-order chi connectivity index (χ0) is 19.8. The van der Waals surface area contributed by atoms with E-state index in [1.807, 2.05) is 25.2 Å². The molecule has 28 heavy (non-hydrogen) atoms. The van der Waals surface area contributed by atoms with Crippen molar-refractivity contribution >= 4 is 29.9 Å². The molecule has 1 aromatic carbocycles. The Morgan fingerprint density at radius 3 is 2.50 bits per heavy atom. The molecule has 1 heterocycles. The van der Waals surface area contributed by atoms with Crippen molar-refractivity contribution in [2.24, 2.45) is 17.8 Å². The van der Waals surface area contributed by atoms with E-state index in [1.54, 1.807) is 26.0 Å². The van der Waals surface area contributed by atoms with Crippen LogP contribution in [0.1, 0.15) is 23.7 Å². The zero-order valence-corrected chi connectivity index (χ0v) is 19.4. The molecule has 0 aliphatic rings. The molecule has 2 aromatic rings. The van der Waals surface area contributed by atoms with Gasteiger partial charge in [-0.3, -0.25) is 0 Å².